The first-order chi connectivity index (χ1) is 6.81. The summed E-state index contributed by atoms with van der Waals surface area (Å²) < 4.78 is 10.9. The van der Waals surface area contributed by atoms with Gasteiger partial charge in [0.15, 0.2) is 0 Å². The van der Waals surface area contributed by atoms with Crippen molar-refractivity contribution in [2.75, 3.05) is 6.61 Å². The Hall–Kier alpha value is -1.28. The molecule has 1 aromatic heterocycles. The number of epoxide rings is 1. The van der Waals surface area contributed by atoms with Gasteiger partial charge < -0.3 is 9.15 Å². The van der Waals surface area contributed by atoms with E-state index in [1.807, 2.05) is 6.07 Å². The van der Waals surface area contributed by atoms with Gasteiger partial charge in [0.05, 0.1) is 12.7 Å². The smallest absolute Gasteiger partial charge is 0.134 e. The first kappa shape index (κ1) is 8.06. The molecule has 0 radical (unpaired) electrons. The Morgan fingerprint density at radius 2 is 2.21 bits per heavy atom. The van der Waals surface area contributed by atoms with Crippen molar-refractivity contribution < 1.29 is 9.15 Å². The molecular weight excluding hydrogens is 176 g/mol. The second kappa shape index (κ2) is 2.85. The lowest BCUT2D eigenvalue weighted by Crippen LogP contribution is -1.88. The van der Waals surface area contributed by atoms with Crippen molar-refractivity contribution in [3.63, 3.8) is 0 Å². The number of furan rings is 1. The lowest BCUT2D eigenvalue weighted by molar-refractivity contribution is 0.392. The van der Waals surface area contributed by atoms with Crippen molar-refractivity contribution in [3.8, 4) is 0 Å². The van der Waals surface area contributed by atoms with Gasteiger partial charge in [-0.2, -0.15) is 0 Å². The fraction of sp³-hybridized carbons (Fsp3) is 0.333. The van der Waals surface area contributed by atoms with Gasteiger partial charge in [0, 0.05) is 11.8 Å². The van der Waals surface area contributed by atoms with E-state index in [1.165, 1.54) is 10.9 Å². The Morgan fingerprint density at radius 3 is 3.00 bits per heavy atom. The van der Waals surface area contributed by atoms with Crippen molar-refractivity contribution >= 4 is 11.0 Å². The molecule has 1 unspecified atom stereocenters. The maximum absolute atomic E-state index is 5.69. The molecule has 2 heterocycles. The van der Waals surface area contributed by atoms with Crippen molar-refractivity contribution in [2.45, 2.75) is 19.4 Å². The number of benzene rings is 1. The fourth-order valence-corrected chi connectivity index (χ4v) is 1.73. The number of fused-ring (bicyclic) bond motifs is 1. The summed E-state index contributed by atoms with van der Waals surface area (Å²) in [6.07, 6.45) is 1.31. The van der Waals surface area contributed by atoms with Crippen LogP contribution >= 0.6 is 0 Å². The second-order valence-corrected chi connectivity index (χ2v) is 3.91. The van der Waals surface area contributed by atoms with Gasteiger partial charge in [0.1, 0.15) is 11.3 Å². The van der Waals surface area contributed by atoms with Gasteiger partial charge in [0.2, 0.25) is 0 Å². The monoisotopic (exact) mass is 188 g/mol. The molecule has 0 spiro atoms. The van der Waals surface area contributed by atoms with Crippen LogP contribution < -0.4 is 0 Å². The average molecular weight is 188 g/mol. The van der Waals surface area contributed by atoms with E-state index in [-0.39, 0.29) is 0 Å². The summed E-state index contributed by atoms with van der Waals surface area (Å²) in [6.45, 7) is 2.98. The Kier molecular flexibility index (Phi) is 1.64. The molecule has 1 aromatic carbocycles. The third-order valence-corrected chi connectivity index (χ3v) is 2.55. The van der Waals surface area contributed by atoms with Crippen LogP contribution in [-0.2, 0) is 11.2 Å². The lowest BCUT2D eigenvalue weighted by atomic mass is 10.2. The van der Waals surface area contributed by atoms with Crippen molar-refractivity contribution in [3.05, 3.63) is 35.6 Å². The highest BCUT2D eigenvalue weighted by atomic mass is 16.6. The molecule has 2 heteroatoms. The van der Waals surface area contributed by atoms with Crippen LogP contribution in [0.5, 0.6) is 0 Å². The molecule has 14 heavy (non-hydrogen) atoms. The van der Waals surface area contributed by atoms with E-state index in [0.717, 1.165) is 24.4 Å². The van der Waals surface area contributed by atoms with Gasteiger partial charge in [0.25, 0.3) is 0 Å². The molecule has 2 aromatic rings. The molecular formula is C12H12O2. The molecule has 1 aliphatic rings. The van der Waals surface area contributed by atoms with E-state index < -0.39 is 0 Å². The lowest BCUT2D eigenvalue weighted by Gasteiger charge is -1.89. The van der Waals surface area contributed by atoms with Crippen LogP contribution in [0.1, 0.15) is 11.3 Å². The summed E-state index contributed by atoms with van der Waals surface area (Å²) in [5.41, 5.74) is 2.25. The summed E-state index contributed by atoms with van der Waals surface area (Å²) in [4.78, 5) is 0. The largest absolute Gasteiger partial charge is 0.461 e. The van der Waals surface area contributed by atoms with E-state index >= 15 is 0 Å². The predicted octanol–water partition coefficient (Wildman–Crippen LogP) is 2.68. The summed E-state index contributed by atoms with van der Waals surface area (Å²) in [6, 6.07) is 8.37. The van der Waals surface area contributed by atoms with Crippen LogP contribution in [0.4, 0.5) is 0 Å². The number of rotatable bonds is 2. The molecule has 72 valence electrons. The van der Waals surface area contributed by atoms with Gasteiger partial charge in [-0.25, -0.2) is 0 Å². The molecule has 0 saturated carbocycles. The molecule has 3 rings (SSSR count). The quantitative estimate of drug-likeness (QED) is 0.677. The zero-order valence-electron chi connectivity index (χ0n) is 8.12. The first-order valence-corrected chi connectivity index (χ1v) is 4.92. The highest BCUT2D eigenvalue weighted by molar-refractivity contribution is 5.78. The van der Waals surface area contributed by atoms with Crippen LogP contribution in [0.15, 0.2) is 28.7 Å². The van der Waals surface area contributed by atoms with Gasteiger partial charge in [-0.1, -0.05) is 11.6 Å². The Labute approximate surface area is 82.5 Å². The molecule has 0 amide bonds. The molecule has 0 bridgehead atoms. The van der Waals surface area contributed by atoms with Crippen LogP contribution in [0.2, 0.25) is 0 Å². The van der Waals surface area contributed by atoms with Crippen LogP contribution in [0.3, 0.4) is 0 Å². The molecule has 0 N–H and O–H groups in total. The average Bonchev–Trinajstić information content (AvgIpc) is 2.84. The minimum absolute atomic E-state index is 0.400. The number of aryl methyl sites for hydroxylation is 1. The SMILES string of the molecule is Cc1ccc2oc(CC3CO3)cc2c1. The number of hydrogen-bond acceptors (Lipinski definition) is 2. The van der Waals surface area contributed by atoms with E-state index in [2.05, 4.69) is 25.1 Å². The van der Waals surface area contributed by atoms with Gasteiger partial charge in [-0.15, -0.1) is 0 Å². The molecule has 1 fully saturated rings. The minimum atomic E-state index is 0.400. The summed E-state index contributed by atoms with van der Waals surface area (Å²) in [5, 5.41) is 1.20. The Balaban J connectivity index is 2.01. The normalized spacial score (nSPS) is 20.2. The molecule has 1 atom stereocenters. The zero-order valence-corrected chi connectivity index (χ0v) is 8.12. The Morgan fingerprint density at radius 1 is 1.36 bits per heavy atom. The van der Waals surface area contributed by atoms with E-state index in [4.69, 9.17) is 9.15 Å². The Bertz CT molecular complexity index is 466. The molecule has 1 aliphatic heterocycles. The van der Waals surface area contributed by atoms with Crippen molar-refractivity contribution in [2.24, 2.45) is 0 Å². The standard InChI is InChI=1S/C12H12O2/c1-8-2-3-12-9(4-8)5-10(14-12)6-11-7-13-11/h2-5,11H,6-7H2,1H3. The second-order valence-electron chi connectivity index (χ2n) is 3.91. The van der Waals surface area contributed by atoms with Crippen molar-refractivity contribution in [1.82, 2.24) is 0 Å². The van der Waals surface area contributed by atoms with Crippen LogP contribution in [-0.4, -0.2) is 12.7 Å². The summed E-state index contributed by atoms with van der Waals surface area (Å²) in [7, 11) is 0. The van der Waals surface area contributed by atoms with Crippen LogP contribution in [0, 0.1) is 6.92 Å². The van der Waals surface area contributed by atoms with Crippen LogP contribution in [0.25, 0.3) is 11.0 Å². The maximum Gasteiger partial charge on any atom is 0.134 e. The summed E-state index contributed by atoms with van der Waals surface area (Å²) >= 11 is 0. The number of hydrogen-bond donors (Lipinski definition) is 0. The molecule has 0 aliphatic carbocycles. The van der Waals surface area contributed by atoms with E-state index in [1.54, 1.807) is 0 Å². The van der Waals surface area contributed by atoms with Gasteiger partial charge in [-0.05, 0) is 25.1 Å². The summed E-state index contributed by atoms with van der Waals surface area (Å²) in [5.74, 6) is 1.04. The number of ether oxygens (including phenoxy) is 1. The van der Waals surface area contributed by atoms with Gasteiger partial charge >= 0.3 is 0 Å². The first-order valence-electron chi connectivity index (χ1n) is 4.92. The zero-order chi connectivity index (χ0) is 9.54. The highest BCUT2D eigenvalue weighted by Crippen LogP contribution is 2.24. The maximum atomic E-state index is 5.69. The van der Waals surface area contributed by atoms with E-state index in [9.17, 15) is 0 Å². The predicted molar refractivity (Wildman–Crippen MR) is 54.4 cm³/mol. The van der Waals surface area contributed by atoms with E-state index in [0.29, 0.717) is 6.10 Å². The van der Waals surface area contributed by atoms with Gasteiger partial charge in [-0.3, -0.25) is 0 Å². The third kappa shape index (κ3) is 1.42. The van der Waals surface area contributed by atoms with Crippen molar-refractivity contribution in [1.29, 1.82) is 0 Å². The highest BCUT2D eigenvalue weighted by Gasteiger charge is 2.24. The molecule has 1 saturated heterocycles. The molecule has 2 nitrogen and oxygen atoms in total. The third-order valence-electron chi connectivity index (χ3n) is 2.55. The minimum Gasteiger partial charge on any atom is -0.461 e. The topological polar surface area (TPSA) is 25.7 Å². The fourth-order valence-electron chi connectivity index (χ4n) is 1.73.